The number of Topliss-reactive ketones (excluding diaryl/α,β-unsaturated/α-hetero) is 1. The van der Waals surface area contributed by atoms with Gasteiger partial charge in [-0.15, -0.1) is 0 Å². The molecule has 0 aromatic heterocycles. The fourth-order valence-electron chi connectivity index (χ4n) is 2.96. The number of ketones is 1. The highest BCUT2D eigenvalue weighted by Crippen LogP contribution is 2.33. The smallest absolute Gasteiger partial charge is 0.225 e. The van der Waals surface area contributed by atoms with E-state index in [0.29, 0.717) is 37.1 Å². The van der Waals surface area contributed by atoms with Crippen molar-refractivity contribution in [2.45, 2.75) is 39.5 Å². The zero-order valence-corrected chi connectivity index (χ0v) is 10.2. The quantitative estimate of drug-likeness (QED) is 0.680. The van der Waals surface area contributed by atoms with Gasteiger partial charge in [-0.3, -0.25) is 9.59 Å². The molecule has 0 aromatic carbocycles. The maximum atomic E-state index is 12.3. The van der Waals surface area contributed by atoms with Crippen molar-refractivity contribution in [2.75, 3.05) is 13.1 Å². The van der Waals surface area contributed by atoms with Gasteiger partial charge in [0, 0.05) is 31.3 Å². The summed E-state index contributed by atoms with van der Waals surface area (Å²) in [5.41, 5.74) is 0. The fraction of sp³-hybridized carbons (Fsp3) is 0.846. The van der Waals surface area contributed by atoms with Crippen molar-refractivity contribution in [3.8, 4) is 0 Å². The molecule has 1 saturated heterocycles. The molecule has 2 rings (SSSR count). The Morgan fingerprint density at radius 2 is 2.06 bits per heavy atom. The highest BCUT2D eigenvalue weighted by atomic mass is 16.2. The first-order chi connectivity index (χ1) is 7.59. The molecule has 0 aromatic rings. The van der Waals surface area contributed by atoms with Crippen LogP contribution >= 0.6 is 0 Å². The van der Waals surface area contributed by atoms with Gasteiger partial charge in [-0.2, -0.15) is 0 Å². The summed E-state index contributed by atoms with van der Waals surface area (Å²) in [4.78, 5) is 25.6. The molecular formula is C13H21NO2. The van der Waals surface area contributed by atoms with E-state index in [9.17, 15) is 9.59 Å². The van der Waals surface area contributed by atoms with Crippen molar-refractivity contribution in [1.82, 2.24) is 4.90 Å². The van der Waals surface area contributed by atoms with Gasteiger partial charge in [0.15, 0.2) is 0 Å². The van der Waals surface area contributed by atoms with E-state index in [4.69, 9.17) is 0 Å². The molecule has 0 radical (unpaired) electrons. The predicted octanol–water partition coefficient (Wildman–Crippen LogP) is 1.86. The number of piperidine rings is 1. The maximum absolute atomic E-state index is 12.3. The first-order valence-corrected chi connectivity index (χ1v) is 6.41. The highest BCUT2D eigenvalue weighted by molar-refractivity contribution is 5.86. The third-order valence-electron chi connectivity index (χ3n) is 4.16. The third kappa shape index (κ3) is 2.13. The van der Waals surface area contributed by atoms with E-state index in [1.165, 1.54) is 12.8 Å². The second kappa shape index (κ2) is 4.56. The van der Waals surface area contributed by atoms with E-state index in [1.807, 2.05) is 11.8 Å². The van der Waals surface area contributed by atoms with Gasteiger partial charge in [-0.25, -0.2) is 0 Å². The topological polar surface area (TPSA) is 37.4 Å². The summed E-state index contributed by atoms with van der Waals surface area (Å²) >= 11 is 0. The summed E-state index contributed by atoms with van der Waals surface area (Å²) < 4.78 is 0. The number of amides is 1. The van der Waals surface area contributed by atoms with E-state index < -0.39 is 0 Å². The monoisotopic (exact) mass is 223 g/mol. The van der Waals surface area contributed by atoms with E-state index >= 15 is 0 Å². The molecule has 1 aliphatic heterocycles. The highest BCUT2D eigenvalue weighted by Gasteiger charge is 2.35. The van der Waals surface area contributed by atoms with Gasteiger partial charge in [0.05, 0.1) is 0 Å². The van der Waals surface area contributed by atoms with E-state index in [-0.39, 0.29) is 11.8 Å². The SMILES string of the molecule is CC1CN(C(=O)C2CCCC2C)CCC1=O. The van der Waals surface area contributed by atoms with E-state index in [0.717, 1.165) is 6.42 Å². The summed E-state index contributed by atoms with van der Waals surface area (Å²) in [7, 11) is 0. The molecule has 3 nitrogen and oxygen atoms in total. The molecule has 3 atom stereocenters. The van der Waals surface area contributed by atoms with Crippen molar-refractivity contribution in [2.24, 2.45) is 17.8 Å². The maximum Gasteiger partial charge on any atom is 0.225 e. The number of hydrogen-bond donors (Lipinski definition) is 0. The van der Waals surface area contributed by atoms with Gasteiger partial charge in [0.2, 0.25) is 5.91 Å². The Morgan fingerprint density at radius 3 is 2.62 bits per heavy atom. The molecule has 0 bridgehead atoms. The predicted molar refractivity (Wildman–Crippen MR) is 61.9 cm³/mol. The van der Waals surface area contributed by atoms with Crippen LogP contribution in [0.25, 0.3) is 0 Å². The summed E-state index contributed by atoms with van der Waals surface area (Å²) in [6.07, 6.45) is 3.95. The number of hydrogen-bond acceptors (Lipinski definition) is 2. The number of nitrogens with zero attached hydrogens (tertiary/aromatic N) is 1. The standard InChI is InChI=1S/C13H21NO2/c1-9-4-3-5-11(9)13(16)14-7-6-12(15)10(2)8-14/h9-11H,3-8H2,1-2H3. The van der Waals surface area contributed by atoms with E-state index in [2.05, 4.69) is 6.92 Å². The first kappa shape index (κ1) is 11.6. The van der Waals surface area contributed by atoms with Gasteiger partial charge in [-0.05, 0) is 18.8 Å². The minimum absolute atomic E-state index is 0.0365. The molecule has 1 aliphatic carbocycles. The molecule has 2 fully saturated rings. The van der Waals surface area contributed by atoms with Crippen molar-refractivity contribution >= 4 is 11.7 Å². The van der Waals surface area contributed by atoms with Crippen molar-refractivity contribution in [3.05, 3.63) is 0 Å². The molecule has 2 aliphatic rings. The lowest BCUT2D eigenvalue weighted by atomic mass is 9.93. The minimum atomic E-state index is 0.0365. The number of carbonyl (C=O) groups excluding carboxylic acids is 2. The molecule has 1 amide bonds. The van der Waals surface area contributed by atoms with Crippen LogP contribution in [0.3, 0.4) is 0 Å². The van der Waals surface area contributed by atoms with Gasteiger partial charge in [0.25, 0.3) is 0 Å². The van der Waals surface area contributed by atoms with Gasteiger partial charge in [-0.1, -0.05) is 20.3 Å². The van der Waals surface area contributed by atoms with Crippen LogP contribution in [0.1, 0.15) is 39.5 Å². The Morgan fingerprint density at radius 1 is 1.31 bits per heavy atom. The zero-order chi connectivity index (χ0) is 11.7. The number of carbonyl (C=O) groups is 2. The van der Waals surface area contributed by atoms with Crippen LogP contribution < -0.4 is 0 Å². The molecule has 3 heteroatoms. The summed E-state index contributed by atoms with van der Waals surface area (Å²) in [6.45, 7) is 5.39. The first-order valence-electron chi connectivity index (χ1n) is 6.41. The minimum Gasteiger partial charge on any atom is -0.341 e. The molecule has 3 unspecified atom stereocenters. The Hall–Kier alpha value is -0.860. The molecule has 16 heavy (non-hydrogen) atoms. The largest absolute Gasteiger partial charge is 0.341 e. The van der Waals surface area contributed by atoms with E-state index in [1.54, 1.807) is 0 Å². The molecule has 0 N–H and O–H groups in total. The molecule has 1 saturated carbocycles. The average molecular weight is 223 g/mol. The number of likely N-dealkylation sites (tertiary alicyclic amines) is 1. The van der Waals surface area contributed by atoms with Crippen LogP contribution in [0.5, 0.6) is 0 Å². The van der Waals surface area contributed by atoms with Gasteiger partial charge >= 0.3 is 0 Å². The van der Waals surface area contributed by atoms with Crippen LogP contribution in [0.2, 0.25) is 0 Å². The normalized spacial score (nSPS) is 35.5. The fourth-order valence-corrected chi connectivity index (χ4v) is 2.96. The average Bonchev–Trinajstić information content (AvgIpc) is 2.67. The summed E-state index contributed by atoms with van der Waals surface area (Å²) in [5.74, 6) is 1.39. The second-order valence-electron chi connectivity index (χ2n) is 5.42. The van der Waals surface area contributed by atoms with Gasteiger partial charge in [0.1, 0.15) is 5.78 Å². The van der Waals surface area contributed by atoms with Crippen LogP contribution in [0.15, 0.2) is 0 Å². The lowest BCUT2D eigenvalue weighted by Gasteiger charge is -2.33. The third-order valence-corrected chi connectivity index (χ3v) is 4.16. The van der Waals surface area contributed by atoms with Crippen LogP contribution in [-0.2, 0) is 9.59 Å². The van der Waals surface area contributed by atoms with Crippen LogP contribution in [0.4, 0.5) is 0 Å². The van der Waals surface area contributed by atoms with Crippen molar-refractivity contribution < 1.29 is 9.59 Å². The van der Waals surface area contributed by atoms with Crippen molar-refractivity contribution in [3.63, 3.8) is 0 Å². The Bertz CT molecular complexity index is 300. The lowest BCUT2D eigenvalue weighted by molar-refractivity contribution is -0.141. The molecule has 90 valence electrons. The molecule has 0 spiro atoms. The molecule has 1 heterocycles. The van der Waals surface area contributed by atoms with Crippen molar-refractivity contribution in [1.29, 1.82) is 0 Å². The second-order valence-corrected chi connectivity index (χ2v) is 5.42. The van der Waals surface area contributed by atoms with Gasteiger partial charge < -0.3 is 4.90 Å². The Balaban J connectivity index is 1.97. The zero-order valence-electron chi connectivity index (χ0n) is 10.2. The molecular weight excluding hydrogens is 202 g/mol. The summed E-state index contributed by atoms with van der Waals surface area (Å²) in [5, 5.41) is 0. The Kier molecular flexibility index (Phi) is 3.31. The number of rotatable bonds is 1. The van der Waals surface area contributed by atoms with Crippen LogP contribution in [0, 0.1) is 17.8 Å². The van der Waals surface area contributed by atoms with Crippen LogP contribution in [-0.4, -0.2) is 29.7 Å². The lowest BCUT2D eigenvalue weighted by Crippen LogP contribution is -2.46. The Labute approximate surface area is 97.2 Å². The summed E-state index contributed by atoms with van der Waals surface area (Å²) in [6, 6.07) is 0.